The predicted octanol–water partition coefficient (Wildman–Crippen LogP) is 2.17. The number of nitrogens with one attached hydrogen (secondary N) is 2. The Kier molecular flexibility index (Phi) is 4.99. The minimum atomic E-state index is 0.0316. The molecule has 2 N–H and O–H groups in total. The van der Waals surface area contributed by atoms with E-state index in [0.717, 1.165) is 41.9 Å². The van der Waals surface area contributed by atoms with Crippen LogP contribution in [0.2, 0.25) is 0 Å². The number of hydrogen-bond donors (Lipinski definition) is 2. The summed E-state index contributed by atoms with van der Waals surface area (Å²) in [5.74, 6) is 0.304. The van der Waals surface area contributed by atoms with Crippen LogP contribution in [0, 0.1) is 5.92 Å². The van der Waals surface area contributed by atoms with Gasteiger partial charge in [0.1, 0.15) is 0 Å². The number of benzene rings is 1. The normalized spacial score (nSPS) is 16.8. The van der Waals surface area contributed by atoms with E-state index in [9.17, 15) is 9.59 Å². The standard InChI is InChI=1S/C19H22N4O2S/c24-17(20-10-13-4-2-1-3-5-13)12-23-9-8-15-16(11-23)26-19(21-15)22-18(25)14-6-7-14/h1-5,14H,6-12H2,(H,20,24)(H,21,22,25). The van der Waals surface area contributed by atoms with Gasteiger partial charge in [-0.25, -0.2) is 4.98 Å². The lowest BCUT2D eigenvalue weighted by Gasteiger charge is -2.25. The largest absolute Gasteiger partial charge is 0.351 e. The molecule has 1 aromatic heterocycles. The maximum atomic E-state index is 12.2. The van der Waals surface area contributed by atoms with Gasteiger partial charge in [-0.3, -0.25) is 14.5 Å². The molecule has 136 valence electrons. The van der Waals surface area contributed by atoms with E-state index in [0.29, 0.717) is 24.8 Å². The van der Waals surface area contributed by atoms with Crippen molar-refractivity contribution in [2.75, 3.05) is 18.4 Å². The molecule has 0 saturated heterocycles. The van der Waals surface area contributed by atoms with Crippen LogP contribution in [0.25, 0.3) is 0 Å². The van der Waals surface area contributed by atoms with Gasteiger partial charge in [0.05, 0.1) is 12.2 Å². The lowest BCUT2D eigenvalue weighted by atomic mass is 10.2. The topological polar surface area (TPSA) is 74.3 Å². The van der Waals surface area contributed by atoms with Gasteiger partial charge in [-0.1, -0.05) is 30.3 Å². The molecule has 0 spiro atoms. The quantitative estimate of drug-likeness (QED) is 0.817. The maximum absolute atomic E-state index is 12.2. The highest BCUT2D eigenvalue weighted by Gasteiger charge is 2.31. The van der Waals surface area contributed by atoms with E-state index >= 15 is 0 Å². The molecule has 6 nitrogen and oxygen atoms in total. The zero-order valence-electron chi connectivity index (χ0n) is 14.5. The third-order valence-electron chi connectivity index (χ3n) is 4.69. The van der Waals surface area contributed by atoms with Gasteiger partial charge in [0.15, 0.2) is 5.13 Å². The summed E-state index contributed by atoms with van der Waals surface area (Å²) < 4.78 is 0. The molecule has 2 amide bonds. The number of nitrogens with zero attached hydrogens (tertiary/aromatic N) is 2. The second-order valence-corrected chi connectivity index (χ2v) is 7.96. The fourth-order valence-corrected chi connectivity index (χ4v) is 4.10. The van der Waals surface area contributed by atoms with Crippen LogP contribution in [-0.2, 0) is 29.1 Å². The number of hydrogen-bond acceptors (Lipinski definition) is 5. The SMILES string of the molecule is O=C(CN1CCc2nc(NC(=O)C3CC3)sc2C1)NCc1ccccc1. The monoisotopic (exact) mass is 370 g/mol. The first-order valence-electron chi connectivity index (χ1n) is 9.00. The molecule has 0 radical (unpaired) electrons. The van der Waals surface area contributed by atoms with Gasteiger partial charge in [-0.2, -0.15) is 0 Å². The molecule has 2 heterocycles. The molecule has 1 aliphatic carbocycles. The van der Waals surface area contributed by atoms with Gasteiger partial charge in [0.2, 0.25) is 11.8 Å². The van der Waals surface area contributed by atoms with Gasteiger partial charge >= 0.3 is 0 Å². The Morgan fingerprint density at radius 3 is 2.81 bits per heavy atom. The third-order valence-corrected chi connectivity index (χ3v) is 5.69. The van der Waals surface area contributed by atoms with Crippen molar-refractivity contribution in [1.82, 2.24) is 15.2 Å². The summed E-state index contributed by atoms with van der Waals surface area (Å²) >= 11 is 1.53. The zero-order chi connectivity index (χ0) is 17.9. The lowest BCUT2D eigenvalue weighted by Crippen LogP contribution is -2.39. The molecule has 1 saturated carbocycles. The van der Waals surface area contributed by atoms with Crippen LogP contribution in [-0.4, -0.2) is 34.8 Å². The molecule has 2 aliphatic rings. The van der Waals surface area contributed by atoms with Crippen molar-refractivity contribution in [3.8, 4) is 0 Å². The fraction of sp³-hybridized carbons (Fsp3) is 0.421. The van der Waals surface area contributed by atoms with E-state index in [1.165, 1.54) is 11.3 Å². The molecule has 0 atom stereocenters. The minimum Gasteiger partial charge on any atom is -0.351 e. The summed E-state index contributed by atoms with van der Waals surface area (Å²) in [6, 6.07) is 9.91. The average molecular weight is 370 g/mol. The smallest absolute Gasteiger partial charge is 0.234 e. The van der Waals surface area contributed by atoms with Crippen molar-refractivity contribution in [3.63, 3.8) is 0 Å². The summed E-state index contributed by atoms with van der Waals surface area (Å²) in [7, 11) is 0. The van der Waals surface area contributed by atoms with Gasteiger partial charge < -0.3 is 10.6 Å². The van der Waals surface area contributed by atoms with Crippen LogP contribution in [0.15, 0.2) is 30.3 Å². The summed E-state index contributed by atoms with van der Waals surface area (Å²) in [6.07, 6.45) is 2.79. The van der Waals surface area contributed by atoms with E-state index in [1.807, 2.05) is 30.3 Å². The summed E-state index contributed by atoms with van der Waals surface area (Å²) in [4.78, 5) is 31.9. The molecule has 1 aromatic carbocycles. The molecule has 2 aromatic rings. The number of anilines is 1. The van der Waals surface area contributed by atoms with Crippen LogP contribution < -0.4 is 10.6 Å². The number of rotatable bonds is 6. The van der Waals surface area contributed by atoms with Crippen molar-refractivity contribution >= 4 is 28.3 Å². The maximum Gasteiger partial charge on any atom is 0.234 e. The van der Waals surface area contributed by atoms with E-state index < -0.39 is 0 Å². The van der Waals surface area contributed by atoms with Gasteiger partial charge in [-0.05, 0) is 18.4 Å². The highest BCUT2D eigenvalue weighted by molar-refractivity contribution is 7.15. The second-order valence-electron chi connectivity index (χ2n) is 6.88. The number of amides is 2. The lowest BCUT2D eigenvalue weighted by molar-refractivity contribution is -0.122. The van der Waals surface area contributed by atoms with Crippen molar-refractivity contribution < 1.29 is 9.59 Å². The molecule has 0 bridgehead atoms. The molecular weight excluding hydrogens is 348 g/mol. The Morgan fingerprint density at radius 2 is 2.04 bits per heavy atom. The molecule has 4 rings (SSSR count). The van der Waals surface area contributed by atoms with Crippen LogP contribution in [0.1, 0.15) is 29.0 Å². The Bertz CT molecular complexity index is 801. The van der Waals surface area contributed by atoms with Crippen LogP contribution in [0.4, 0.5) is 5.13 Å². The number of thiazole rings is 1. The first kappa shape index (κ1) is 17.2. The molecule has 1 aliphatic heterocycles. The molecule has 0 unspecified atom stereocenters. The second kappa shape index (κ2) is 7.55. The Balaban J connectivity index is 1.28. The van der Waals surface area contributed by atoms with Crippen molar-refractivity contribution in [1.29, 1.82) is 0 Å². The summed E-state index contributed by atoms with van der Waals surface area (Å²) in [5.41, 5.74) is 2.15. The Morgan fingerprint density at radius 1 is 1.23 bits per heavy atom. The average Bonchev–Trinajstić information content (AvgIpc) is 3.42. The van der Waals surface area contributed by atoms with Gasteiger partial charge in [0, 0.05) is 36.9 Å². The van der Waals surface area contributed by atoms with Gasteiger partial charge in [-0.15, -0.1) is 11.3 Å². The number of fused-ring (bicyclic) bond motifs is 1. The highest BCUT2D eigenvalue weighted by Crippen LogP contribution is 2.32. The third kappa shape index (κ3) is 4.28. The molecular formula is C19H22N4O2S. The summed E-state index contributed by atoms with van der Waals surface area (Å²) in [5, 5.41) is 6.59. The van der Waals surface area contributed by atoms with Crippen LogP contribution in [0.5, 0.6) is 0 Å². The molecule has 1 fully saturated rings. The van der Waals surface area contributed by atoms with E-state index in [1.54, 1.807) is 0 Å². The number of aromatic nitrogens is 1. The number of carbonyl (C=O) groups excluding carboxylic acids is 2. The van der Waals surface area contributed by atoms with Crippen LogP contribution >= 0.6 is 11.3 Å². The van der Waals surface area contributed by atoms with Crippen molar-refractivity contribution in [2.24, 2.45) is 5.92 Å². The molecule has 7 heteroatoms. The molecule has 26 heavy (non-hydrogen) atoms. The van der Waals surface area contributed by atoms with E-state index in [4.69, 9.17) is 0 Å². The number of carbonyl (C=O) groups is 2. The first-order chi connectivity index (χ1) is 12.7. The van der Waals surface area contributed by atoms with Crippen molar-refractivity contribution in [2.45, 2.75) is 32.4 Å². The minimum absolute atomic E-state index is 0.0316. The van der Waals surface area contributed by atoms with E-state index in [-0.39, 0.29) is 17.7 Å². The van der Waals surface area contributed by atoms with Crippen LogP contribution in [0.3, 0.4) is 0 Å². The predicted molar refractivity (Wildman–Crippen MR) is 101 cm³/mol. The van der Waals surface area contributed by atoms with E-state index in [2.05, 4.69) is 20.5 Å². The fourth-order valence-electron chi connectivity index (χ4n) is 3.05. The highest BCUT2D eigenvalue weighted by atomic mass is 32.1. The zero-order valence-corrected chi connectivity index (χ0v) is 15.3. The Labute approximate surface area is 156 Å². The Hall–Kier alpha value is -2.25. The first-order valence-corrected chi connectivity index (χ1v) is 9.81. The summed E-state index contributed by atoms with van der Waals surface area (Å²) in [6.45, 7) is 2.46. The van der Waals surface area contributed by atoms with Gasteiger partial charge in [0.25, 0.3) is 0 Å². The van der Waals surface area contributed by atoms with Crippen molar-refractivity contribution in [3.05, 3.63) is 46.5 Å².